The Kier molecular flexibility index (Phi) is 6.23. The Balaban J connectivity index is 1.46. The molecule has 0 aromatic heterocycles. The summed E-state index contributed by atoms with van der Waals surface area (Å²) < 4.78 is 5.17. The number of methoxy groups -OCH3 is 1. The Morgan fingerprint density at radius 2 is 1.62 bits per heavy atom. The topological polar surface area (TPSA) is 99.8 Å². The summed E-state index contributed by atoms with van der Waals surface area (Å²) in [4.78, 5) is 39.4. The van der Waals surface area contributed by atoms with Crippen LogP contribution in [0.15, 0.2) is 72.8 Å². The Hall–Kier alpha value is -4.33. The van der Waals surface area contributed by atoms with Gasteiger partial charge in [-0.15, -0.1) is 0 Å². The highest BCUT2D eigenvalue weighted by molar-refractivity contribution is 6.10. The molecule has 4 amide bonds. The minimum atomic E-state index is -1.22. The Labute approximate surface area is 197 Å². The Morgan fingerprint density at radius 1 is 0.971 bits per heavy atom. The normalized spacial score (nSPS) is 17.3. The van der Waals surface area contributed by atoms with E-state index < -0.39 is 29.9 Å². The summed E-state index contributed by atoms with van der Waals surface area (Å²) in [5.74, 6) is -0.222. The van der Waals surface area contributed by atoms with E-state index in [0.29, 0.717) is 16.9 Å². The molecule has 1 heterocycles. The van der Waals surface area contributed by atoms with E-state index in [2.05, 4.69) is 16.0 Å². The number of para-hydroxylation sites is 2. The number of hydrogen-bond donors (Lipinski definition) is 3. The van der Waals surface area contributed by atoms with Crippen LogP contribution in [0.2, 0.25) is 0 Å². The fourth-order valence-corrected chi connectivity index (χ4v) is 3.79. The lowest BCUT2D eigenvalue weighted by atomic mass is 9.91. The van der Waals surface area contributed by atoms with Crippen molar-refractivity contribution in [3.63, 3.8) is 0 Å². The molecule has 0 unspecified atom stereocenters. The number of aryl methyl sites for hydroxylation is 1. The summed E-state index contributed by atoms with van der Waals surface area (Å²) in [6, 6.07) is 21.3. The van der Waals surface area contributed by atoms with Crippen LogP contribution in [-0.2, 0) is 15.1 Å². The molecule has 1 aliphatic heterocycles. The predicted molar refractivity (Wildman–Crippen MR) is 130 cm³/mol. The fourth-order valence-electron chi connectivity index (χ4n) is 3.79. The second-order valence-corrected chi connectivity index (χ2v) is 8.26. The standard InChI is InChI=1S/C26H26N4O4/c1-17-8-10-18(11-9-17)26(2)24(32)30(25(33)29-26)16-23(31)28-22-7-5-4-6-21(22)27-19-12-14-20(34-3)15-13-19/h4-15,27H,16H2,1-3H3,(H,28,31)(H,29,33)/t26-/m1/s1. The smallest absolute Gasteiger partial charge is 0.325 e. The molecule has 4 rings (SSSR count). The second kappa shape index (κ2) is 9.27. The van der Waals surface area contributed by atoms with E-state index in [0.717, 1.165) is 21.9 Å². The van der Waals surface area contributed by atoms with Gasteiger partial charge in [0, 0.05) is 5.69 Å². The summed E-state index contributed by atoms with van der Waals surface area (Å²) in [7, 11) is 1.60. The monoisotopic (exact) mass is 458 g/mol. The minimum Gasteiger partial charge on any atom is -0.497 e. The first kappa shape index (κ1) is 22.8. The van der Waals surface area contributed by atoms with Gasteiger partial charge in [0.1, 0.15) is 17.8 Å². The number of benzene rings is 3. The minimum absolute atomic E-state index is 0.400. The molecule has 1 saturated heterocycles. The van der Waals surface area contributed by atoms with Crippen LogP contribution in [0.25, 0.3) is 0 Å². The predicted octanol–water partition coefficient (Wildman–Crippen LogP) is 4.15. The number of ether oxygens (including phenoxy) is 1. The summed E-state index contributed by atoms with van der Waals surface area (Å²) in [5.41, 5.74) is 2.49. The molecule has 0 spiro atoms. The van der Waals surface area contributed by atoms with Gasteiger partial charge in [0.05, 0.1) is 18.5 Å². The molecule has 0 aliphatic carbocycles. The van der Waals surface area contributed by atoms with Crippen molar-refractivity contribution in [2.45, 2.75) is 19.4 Å². The zero-order chi connectivity index (χ0) is 24.3. The largest absolute Gasteiger partial charge is 0.497 e. The number of amides is 4. The molecule has 8 nitrogen and oxygen atoms in total. The highest BCUT2D eigenvalue weighted by atomic mass is 16.5. The van der Waals surface area contributed by atoms with Gasteiger partial charge < -0.3 is 20.7 Å². The van der Waals surface area contributed by atoms with Gasteiger partial charge >= 0.3 is 6.03 Å². The van der Waals surface area contributed by atoms with Crippen LogP contribution in [-0.4, -0.2) is 36.4 Å². The van der Waals surface area contributed by atoms with Gasteiger partial charge in [-0.3, -0.25) is 14.5 Å². The number of imide groups is 1. The van der Waals surface area contributed by atoms with Crippen molar-refractivity contribution >= 4 is 34.9 Å². The SMILES string of the molecule is COc1ccc(Nc2ccccc2NC(=O)CN2C(=O)N[C@](C)(c3ccc(C)cc3)C2=O)cc1. The molecule has 3 aromatic carbocycles. The molecule has 0 bridgehead atoms. The molecule has 1 aliphatic rings. The number of carbonyl (C=O) groups is 3. The van der Waals surface area contributed by atoms with Gasteiger partial charge in [-0.25, -0.2) is 4.79 Å². The van der Waals surface area contributed by atoms with Gasteiger partial charge in [0.15, 0.2) is 0 Å². The molecule has 174 valence electrons. The van der Waals surface area contributed by atoms with Gasteiger partial charge in [-0.05, 0) is 55.8 Å². The van der Waals surface area contributed by atoms with Gasteiger partial charge in [-0.1, -0.05) is 42.0 Å². The summed E-state index contributed by atoms with van der Waals surface area (Å²) in [6.45, 7) is 3.19. The number of nitrogens with zero attached hydrogens (tertiary/aromatic N) is 1. The molecular weight excluding hydrogens is 432 g/mol. The van der Waals surface area contributed by atoms with Crippen LogP contribution in [0.1, 0.15) is 18.1 Å². The molecular formula is C26H26N4O4. The molecule has 0 saturated carbocycles. The third kappa shape index (κ3) is 4.56. The van der Waals surface area contributed by atoms with Crippen molar-refractivity contribution < 1.29 is 19.1 Å². The van der Waals surface area contributed by atoms with Crippen molar-refractivity contribution in [2.24, 2.45) is 0 Å². The highest BCUT2D eigenvalue weighted by Crippen LogP contribution is 2.30. The van der Waals surface area contributed by atoms with Gasteiger partial charge in [0.25, 0.3) is 5.91 Å². The number of anilines is 3. The lowest BCUT2D eigenvalue weighted by Gasteiger charge is -2.22. The average Bonchev–Trinajstić information content (AvgIpc) is 3.05. The van der Waals surface area contributed by atoms with Crippen LogP contribution in [0.5, 0.6) is 5.75 Å². The van der Waals surface area contributed by atoms with E-state index in [1.54, 1.807) is 38.3 Å². The van der Waals surface area contributed by atoms with Crippen LogP contribution in [0.3, 0.4) is 0 Å². The number of hydrogen-bond acceptors (Lipinski definition) is 5. The van der Waals surface area contributed by atoms with Gasteiger partial charge in [-0.2, -0.15) is 0 Å². The first-order valence-corrected chi connectivity index (χ1v) is 10.8. The van der Waals surface area contributed by atoms with Crippen LogP contribution >= 0.6 is 0 Å². The van der Waals surface area contributed by atoms with E-state index in [1.165, 1.54) is 0 Å². The van der Waals surface area contributed by atoms with E-state index in [1.807, 2.05) is 55.5 Å². The lowest BCUT2D eigenvalue weighted by molar-refractivity contribution is -0.133. The first-order valence-electron chi connectivity index (χ1n) is 10.8. The van der Waals surface area contributed by atoms with E-state index >= 15 is 0 Å². The van der Waals surface area contributed by atoms with E-state index in [-0.39, 0.29) is 0 Å². The van der Waals surface area contributed by atoms with Crippen molar-refractivity contribution in [1.29, 1.82) is 0 Å². The fraction of sp³-hybridized carbons (Fsp3) is 0.192. The molecule has 1 atom stereocenters. The number of rotatable bonds is 7. The van der Waals surface area contributed by atoms with Crippen LogP contribution in [0.4, 0.5) is 21.9 Å². The van der Waals surface area contributed by atoms with Crippen LogP contribution in [0, 0.1) is 6.92 Å². The summed E-state index contributed by atoms with van der Waals surface area (Å²) in [6.07, 6.45) is 0. The Morgan fingerprint density at radius 3 is 2.26 bits per heavy atom. The zero-order valence-corrected chi connectivity index (χ0v) is 19.2. The second-order valence-electron chi connectivity index (χ2n) is 8.26. The lowest BCUT2D eigenvalue weighted by Crippen LogP contribution is -2.42. The average molecular weight is 459 g/mol. The maximum atomic E-state index is 13.1. The molecule has 3 N–H and O–H groups in total. The molecule has 3 aromatic rings. The van der Waals surface area contributed by atoms with Gasteiger partial charge in [0.2, 0.25) is 5.91 Å². The zero-order valence-electron chi connectivity index (χ0n) is 19.2. The number of carbonyl (C=O) groups excluding carboxylic acids is 3. The van der Waals surface area contributed by atoms with Crippen molar-refractivity contribution in [3.8, 4) is 5.75 Å². The van der Waals surface area contributed by atoms with Crippen molar-refractivity contribution in [3.05, 3.63) is 83.9 Å². The third-order valence-corrected chi connectivity index (χ3v) is 5.78. The molecule has 0 radical (unpaired) electrons. The van der Waals surface area contributed by atoms with Crippen LogP contribution < -0.4 is 20.7 Å². The number of urea groups is 1. The Bertz CT molecular complexity index is 1220. The molecule has 34 heavy (non-hydrogen) atoms. The first-order chi connectivity index (χ1) is 16.3. The van der Waals surface area contributed by atoms with Crippen molar-refractivity contribution in [1.82, 2.24) is 10.2 Å². The van der Waals surface area contributed by atoms with E-state index in [4.69, 9.17) is 4.74 Å². The molecule has 8 heteroatoms. The molecule has 1 fully saturated rings. The highest BCUT2D eigenvalue weighted by Gasteiger charge is 2.49. The quantitative estimate of drug-likeness (QED) is 0.462. The summed E-state index contributed by atoms with van der Waals surface area (Å²) in [5, 5.41) is 8.77. The van der Waals surface area contributed by atoms with E-state index in [9.17, 15) is 14.4 Å². The number of nitrogens with one attached hydrogen (secondary N) is 3. The third-order valence-electron chi connectivity index (χ3n) is 5.78. The maximum Gasteiger partial charge on any atom is 0.325 e. The van der Waals surface area contributed by atoms with Crippen molar-refractivity contribution in [2.75, 3.05) is 24.3 Å². The summed E-state index contributed by atoms with van der Waals surface area (Å²) >= 11 is 0. The maximum absolute atomic E-state index is 13.1.